The molecular formula is C18H25NO4. The Balaban J connectivity index is 2.28. The molecule has 5 nitrogen and oxygen atoms in total. The van der Waals surface area contributed by atoms with Gasteiger partial charge < -0.3 is 15.2 Å². The van der Waals surface area contributed by atoms with Crippen molar-refractivity contribution in [1.82, 2.24) is 5.32 Å². The van der Waals surface area contributed by atoms with Gasteiger partial charge in [0.05, 0.1) is 6.10 Å². The standard InChI is InChI=1S/C18H25NO4/c1-6-23-14-10-18(16(21)22,17(14,4)5)19-15(20)13-8-11(2)7-12(3)9-13/h7-9,14H,6,10H2,1-5H3,(H,19,20)(H,21,22). The first-order valence-electron chi connectivity index (χ1n) is 7.90. The van der Waals surface area contributed by atoms with Crippen molar-refractivity contribution in [2.75, 3.05) is 6.61 Å². The Morgan fingerprint density at radius 3 is 2.26 bits per heavy atom. The van der Waals surface area contributed by atoms with Crippen molar-refractivity contribution in [2.24, 2.45) is 5.41 Å². The van der Waals surface area contributed by atoms with Gasteiger partial charge in [-0.3, -0.25) is 4.79 Å². The average Bonchev–Trinajstić information content (AvgIpc) is 2.44. The topological polar surface area (TPSA) is 75.6 Å². The molecule has 0 aliphatic heterocycles. The number of aliphatic carboxylic acids is 1. The molecule has 0 saturated heterocycles. The normalized spacial score (nSPS) is 25.5. The summed E-state index contributed by atoms with van der Waals surface area (Å²) >= 11 is 0. The molecular weight excluding hydrogens is 294 g/mol. The first kappa shape index (κ1) is 17.5. The van der Waals surface area contributed by atoms with Crippen molar-refractivity contribution in [3.8, 4) is 0 Å². The van der Waals surface area contributed by atoms with Crippen LogP contribution in [0.4, 0.5) is 0 Å². The highest BCUT2D eigenvalue weighted by atomic mass is 16.5. The van der Waals surface area contributed by atoms with Crippen LogP contribution in [0.25, 0.3) is 0 Å². The van der Waals surface area contributed by atoms with E-state index in [2.05, 4.69) is 5.32 Å². The molecule has 1 aliphatic rings. The Kier molecular flexibility index (Phi) is 4.53. The molecule has 2 rings (SSSR count). The predicted molar refractivity (Wildman–Crippen MR) is 87.6 cm³/mol. The van der Waals surface area contributed by atoms with Gasteiger partial charge in [0.2, 0.25) is 0 Å². The van der Waals surface area contributed by atoms with Gasteiger partial charge in [0.1, 0.15) is 5.54 Å². The molecule has 2 N–H and O–H groups in total. The Morgan fingerprint density at radius 1 is 1.26 bits per heavy atom. The van der Waals surface area contributed by atoms with Gasteiger partial charge in [0, 0.05) is 24.0 Å². The van der Waals surface area contributed by atoms with Crippen molar-refractivity contribution < 1.29 is 19.4 Å². The summed E-state index contributed by atoms with van der Waals surface area (Å²) < 4.78 is 5.61. The number of aryl methyl sites for hydroxylation is 2. The third-order valence-electron chi connectivity index (χ3n) is 4.94. The lowest BCUT2D eigenvalue weighted by Gasteiger charge is -2.58. The molecule has 23 heavy (non-hydrogen) atoms. The molecule has 2 atom stereocenters. The fraction of sp³-hybridized carbons (Fsp3) is 0.556. The van der Waals surface area contributed by atoms with Crippen LogP contribution < -0.4 is 5.32 Å². The van der Waals surface area contributed by atoms with Crippen molar-refractivity contribution in [1.29, 1.82) is 0 Å². The van der Waals surface area contributed by atoms with E-state index in [-0.39, 0.29) is 18.4 Å². The summed E-state index contributed by atoms with van der Waals surface area (Å²) in [5.41, 5.74) is 0.447. The number of nitrogens with one attached hydrogen (secondary N) is 1. The van der Waals surface area contributed by atoms with Gasteiger partial charge in [-0.1, -0.05) is 31.0 Å². The second-order valence-corrected chi connectivity index (χ2v) is 6.91. The SMILES string of the molecule is CCOC1CC(NC(=O)c2cc(C)cc(C)c2)(C(=O)O)C1(C)C. The van der Waals surface area contributed by atoms with Crippen LogP contribution in [0, 0.1) is 19.3 Å². The Bertz CT molecular complexity index is 618. The maximum atomic E-state index is 12.6. The number of carboxylic acid groups (broad SMARTS) is 1. The smallest absolute Gasteiger partial charge is 0.330 e. The molecule has 1 aliphatic carbocycles. The molecule has 1 saturated carbocycles. The van der Waals surface area contributed by atoms with Crippen LogP contribution in [0.15, 0.2) is 18.2 Å². The largest absolute Gasteiger partial charge is 0.479 e. The third kappa shape index (κ3) is 2.85. The number of rotatable bonds is 5. The summed E-state index contributed by atoms with van der Waals surface area (Å²) in [6.45, 7) is 9.88. The van der Waals surface area contributed by atoms with Crippen molar-refractivity contribution in [2.45, 2.75) is 52.7 Å². The van der Waals surface area contributed by atoms with E-state index >= 15 is 0 Å². The van der Waals surface area contributed by atoms with Crippen LogP contribution in [0.5, 0.6) is 0 Å². The average molecular weight is 319 g/mol. The van der Waals surface area contributed by atoms with Gasteiger partial charge in [-0.15, -0.1) is 0 Å². The second-order valence-electron chi connectivity index (χ2n) is 6.91. The Hall–Kier alpha value is -1.88. The number of carbonyl (C=O) groups excluding carboxylic acids is 1. The van der Waals surface area contributed by atoms with Gasteiger partial charge in [0.25, 0.3) is 5.91 Å². The molecule has 1 fully saturated rings. The molecule has 5 heteroatoms. The van der Waals surface area contributed by atoms with E-state index in [4.69, 9.17) is 4.74 Å². The molecule has 126 valence electrons. The van der Waals surface area contributed by atoms with E-state index in [9.17, 15) is 14.7 Å². The Morgan fingerprint density at radius 2 is 1.83 bits per heavy atom. The van der Waals surface area contributed by atoms with E-state index in [0.717, 1.165) is 11.1 Å². The van der Waals surface area contributed by atoms with E-state index in [1.807, 2.05) is 40.7 Å². The summed E-state index contributed by atoms with van der Waals surface area (Å²) in [4.78, 5) is 24.5. The summed E-state index contributed by atoms with van der Waals surface area (Å²) in [6.07, 6.45) is 0.0998. The molecule has 0 aromatic heterocycles. The molecule has 0 spiro atoms. The zero-order valence-electron chi connectivity index (χ0n) is 14.4. The number of carbonyl (C=O) groups is 2. The Labute approximate surface area is 137 Å². The van der Waals surface area contributed by atoms with Gasteiger partial charge >= 0.3 is 5.97 Å². The molecule has 2 unspecified atom stereocenters. The van der Waals surface area contributed by atoms with Crippen molar-refractivity contribution in [3.63, 3.8) is 0 Å². The monoisotopic (exact) mass is 319 g/mol. The lowest BCUT2D eigenvalue weighted by Crippen LogP contribution is -2.76. The third-order valence-corrected chi connectivity index (χ3v) is 4.94. The van der Waals surface area contributed by atoms with Gasteiger partial charge in [0.15, 0.2) is 0 Å². The lowest BCUT2D eigenvalue weighted by atomic mass is 9.54. The minimum atomic E-state index is -1.30. The van der Waals surface area contributed by atoms with E-state index in [0.29, 0.717) is 12.2 Å². The van der Waals surface area contributed by atoms with E-state index in [1.54, 1.807) is 12.1 Å². The predicted octanol–water partition coefficient (Wildman–Crippen LogP) is 2.69. The minimum Gasteiger partial charge on any atom is -0.479 e. The number of carboxylic acids is 1. The van der Waals surface area contributed by atoms with Gasteiger partial charge in [-0.2, -0.15) is 0 Å². The highest BCUT2D eigenvalue weighted by Crippen LogP contribution is 2.51. The van der Waals surface area contributed by atoms with Crippen LogP contribution in [0.3, 0.4) is 0 Å². The highest BCUT2D eigenvalue weighted by molar-refractivity contribution is 5.99. The molecule has 0 heterocycles. The lowest BCUT2D eigenvalue weighted by molar-refractivity contribution is -0.190. The van der Waals surface area contributed by atoms with E-state index in [1.165, 1.54) is 0 Å². The fourth-order valence-corrected chi connectivity index (χ4v) is 3.41. The summed E-state index contributed by atoms with van der Waals surface area (Å²) in [6, 6.07) is 5.51. The number of hydrogen-bond donors (Lipinski definition) is 2. The van der Waals surface area contributed by atoms with Crippen LogP contribution in [-0.2, 0) is 9.53 Å². The summed E-state index contributed by atoms with van der Waals surface area (Å²) in [5.74, 6) is -1.38. The van der Waals surface area contributed by atoms with Crippen molar-refractivity contribution >= 4 is 11.9 Å². The van der Waals surface area contributed by atoms with Crippen LogP contribution in [-0.4, -0.2) is 35.2 Å². The first-order chi connectivity index (χ1) is 10.6. The van der Waals surface area contributed by atoms with Crippen molar-refractivity contribution in [3.05, 3.63) is 34.9 Å². The molecule has 0 bridgehead atoms. The molecule has 1 aromatic rings. The maximum absolute atomic E-state index is 12.6. The highest BCUT2D eigenvalue weighted by Gasteiger charge is 2.66. The number of hydrogen-bond acceptors (Lipinski definition) is 3. The van der Waals surface area contributed by atoms with E-state index < -0.39 is 16.9 Å². The van der Waals surface area contributed by atoms with Crippen LogP contribution in [0.1, 0.15) is 48.7 Å². The number of ether oxygens (including phenoxy) is 1. The van der Waals surface area contributed by atoms with Gasteiger partial charge in [-0.25, -0.2) is 4.79 Å². The maximum Gasteiger partial charge on any atom is 0.330 e. The quantitative estimate of drug-likeness (QED) is 0.875. The zero-order chi connectivity index (χ0) is 17.4. The van der Waals surface area contributed by atoms with Gasteiger partial charge in [-0.05, 0) is 32.9 Å². The number of benzene rings is 1. The minimum absolute atomic E-state index is 0.178. The molecule has 0 radical (unpaired) electrons. The summed E-state index contributed by atoms with van der Waals surface area (Å²) in [5, 5.41) is 12.5. The zero-order valence-corrected chi connectivity index (χ0v) is 14.4. The first-order valence-corrected chi connectivity index (χ1v) is 7.90. The number of amides is 1. The second kappa shape index (κ2) is 5.96. The summed E-state index contributed by atoms with van der Waals surface area (Å²) in [7, 11) is 0. The fourth-order valence-electron chi connectivity index (χ4n) is 3.41. The molecule has 1 aromatic carbocycles. The molecule has 1 amide bonds. The van der Waals surface area contributed by atoms with Crippen LogP contribution in [0.2, 0.25) is 0 Å². The van der Waals surface area contributed by atoms with Crippen LogP contribution >= 0.6 is 0 Å².